The summed E-state index contributed by atoms with van der Waals surface area (Å²) in [6.45, 7) is 0.109. The Kier molecular flexibility index (Phi) is 5.55. The Morgan fingerprint density at radius 3 is 2.96 bits per heavy atom. The maximum Gasteiger partial charge on any atom is 0.279 e. The molecule has 0 unspecified atom stereocenters. The zero-order valence-corrected chi connectivity index (χ0v) is 15.9. The van der Waals surface area contributed by atoms with Crippen molar-refractivity contribution in [1.29, 1.82) is 0 Å². The van der Waals surface area contributed by atoms with Crippen molar-refractivity contribution in [3.8, 4) is 16.7 Å². The largest absolute Gasteiger partial charge is 0.485 e. The summed E-state index contributed by atoms with van der Waals surface area (Å²) in [5, 5.41) is 11.8. The fourth-order valence-electron chi connectivity index (χ4n) is 3.10. The highest BCUT2D eigenvalue weighted by molar-refractivity contribution is 7.15. The van der Waals surface area contributed by atoms with E-state index in [1.807, 2.05) is 36.4 Å². The number of nitrogens with zero attached hydrogens (tertiary/aromatic N) is 1. The van der Waals surface area contributed by atoms with E-state index in [4.69, 9.17) is 14.6 Å². The van der Waals surface area contributed by atoms with Crippen LogP contribution in [0.4, 0.5) is 0 Å². The van der Waals surface area contributed by atoms with Crippen LogP contribution in [0.3, 0.4) is 0 Å². The van der Waals surface area contributed by atoms with Crippen LogP contribution in [0, 0.1) is 0 Å². The number of hydrogen-bond acceptors (Lipinski definition) is 6. The molecule has 0 saturated carbocycles. The van der Waals surface area contributed by atoms with E-state index >= 15 is 0 Å². The van der Waals surface area contributed by atoms with Crippen LogP contribution in [0.2, 0.25) is 0 Å². The van der Waals surface area contributed by atoms with E-state index < -0.39 is 0 Å². The fraction of sp³-hybridized carbons (Fsp3) is 0.238. The van der Waals surface area contributed by atoms with Gasteiger partial charge in [0.2, 0.25) is 0 Å². The number of ether oxygens (including phenoxy) is 2. The zero-order valence-electron chi connectivity index (χ0n) is 15.1. The molecule has 0 spiro atoms. The van der Waals surface area contributed by atoms with Gasteiger partial charge in [0.25, 0.3) is 11.1 Å². The molecule has 3 aromatic rings. The number of aryl methyl sites for hydroxylation is 1. The summed E-state index contributed by atoms with van der Waals surface area (Å²) in [6.07, 6.45) is 3.35. The Bertz CT molecular complexity index is 958. The number of rotatable bonds is 6. The number of amides is 1. The first-order valence-corrected chi connectivity index (χ1v) is 9.92. The molecule has 1 aliphatic heterocycles. The van der Waals surface area contributed by atoms with Crippen LogP contribution in [0.5, 0.6) is 16.7 Å². The molecule has 4 rings (SSSR count). The van der Waals surface area contributed by atoms with Crippen LogP contribution in [-0.4, -0.2) is 29.1 Å². The molecule has 2 N–H and O–H groups in total. The van der Waals surface area contributed by atoms with Gasteiger partial charge in [0.05, 0.1) is 12.8 Å². The molecule has 1 aromatic heterocycles. The van der Waals surface area contributed by atoms with E-state index in [0.29, 0.717) is 15.8 Å². The highest BCUT2D eigenvalue weighted by Crippen LogP contribution is 2.37. The van der Waals surface area contributed by atoms with E-state index in [1.54, 1.807) is 0 Å². The van der Waals surface area contributed by atoms with E-state index in [2.05, 4.69) is 22.4 Å². The molecule has 0 aliphatic carbocycles. The van der Waals surface area contributed by atoms with E-state index in [1.165, 1.54) is 11.8 Å². The maximum absolute atomic E-state index is 11.9. The van der Waals surface area contributed by atoms with Crippen LogP contribution in [0.1, 0.15) is 33.3 Å². The van der Waals surface area contributed by atoms with Gasteiger partial charge in [-0.3, -0.25) is 4.79 Å². The van der Waals surface area contributed by atoms with Crippen molar-refractivity contribution in [3.63, 3.8) is 0 Å². The topological polar surface area (TPSA) is 80.7 Å². The molecule has 1 amide bonds. The van der Waals surface area contributed by atoms with E-state index in [-0.39, 0.29) is 25.2 Å². The summed E-state index contributed by atoms with van der Waals surface area (Å²) in [5.41, 5.74) is 2.28. The number of carbonyl (C=O) groups is 1. The molecule has 0 bridgehead atoms. The maximum atomic E-state index is 11.9. The van der Waals surface area contributed by atoms with Crippen LogP contribution in [-0.2, 0) is 6.42 Å². The smallest absolute Gasteiger partial charge is 0.279 e. The Labute approximate surface area is 166 Å². The Morgan fingerprint density at radius 1 is 1.29 bits per heavy atom. The minimum absolute atomic E-state index is 0.0689. The van der Waals surface area contributed by atoms with Gasteiger partial charge < -0.3 is 19.9 Å². The molecular weight excluding hydrogens is 376 g/mol. The minimum Gasteiger partial charge on any atom is -0.485 e. The van der Waals surface area contributed by atoms with Crippen molar-refractivity contribution < 1.29 is 19.4 Å². The number of aliphatic hydroxyl groups excluding tert-OH is 1. The Balaban J connectivity index is 1.43. The molecule has 0 radical (unpaired) electrons. The molecule has 1 atom stereocenters. The number of benzene rings is 2. The highest BCUT2D eigenvalue weighted by Gasteiger charge is 2.22. The molecule has 6 nitrogen and oxygen atoms in total. The lowest BCUT2D eigenvalue weighted by Gasteiger charge is -2.26. The summed E-state index contributed by atoms with van der Waals surface area (Å²) in [5.74, 6) is 1.26. The van der Waals surface area contributed by atoms with E-state index in [9.17, 15) is 4.79 Å². The first-order chi connectivity index (χ1) is 13.7. The Hall–Kier alpha value is -2.90. The summed E-state index contributed by atoms with van der Waals surface area (Å²) in [6, 6.07) is 16.0. The van der Waals surface area contributed by atoms with Crippen molar-refractivity contribution in [2.45, 2.75) is 18.9 Å². The monoisotopic (exact) mass is 396 g/mol. The normalized spacial score (nSPS) is 15.4. The van der Waals surface area contributed by atoms with Crippen LogP contribution in [0.25, 0.3) is 0 Å². The molecule has 2 aromatic carbocycles. The van der Waals surface area contributed by atoms with Crippen molar-refractivity contribution in [2.75, 3.05) is 13.2 Å². The lowest BCUT2D eigenvalue weighted by atomic mass is 9.97. The SMILES string of the molecule is O=C(NCCO)c1cnc(Oc2ccc3c(c2)CC[C@@H](c2ccccc2)O3)s1. The second-order valence-electron chi connectivity index (χ2n) is 6.40. The lowest BCUT2D eigenvalue weighted by molar-refractivity contribution is 0.0948. The molecule has 0 saturated heterocycles. The van der Waals surface area contributed by atoms with Crippen LogP contribution < -0.4 is 14.8 Å². The first kappa shape index (κ1) is 18.5. The van der Waals surface area contributed by atoms with E-state index in [0.717, 1.165) is 35.5 Å². The van der Waals surface area contributed by atoms with Gasteiger partial charge in [0.1, 0.15) is 22.5 Å². The van der Waals surface area contributed by atoms with Crippen molar-refractivity contribution in [2.24, 2.45) is 0 Å². The third-order valence-electron chi connectivity index (χ3n) is 4.46. The lowest BCUT2D eigenvalue weighted by Crippen LogP contribution is -2.25. The molecule has 28 heavy (non-hydrogen) atoms. The summed E-state index contributed by atoms with van der Waals surface area (Å²) in [7, 11) is 0. The third-order valence-corrected chi connectivity index (χ3v) is 5.33. The molecule has 2 heterocycles. The second kappa shape index (κ2) is 8.41. The van der Waals surface area contributed by atoms with Gasteiger partial charge in [0.15, 0.2) is 0 Å². The fourth-order valence-corrected chi connectivity index (χ4v) is 3.80. The number of aliphatic hydroxyl groups is 1. The molecule has 1 aliphatic rings. The van der Waals surface area contributed by atoms with Crippen LogP contribution >= 0.6 is 11.3 Å². The summed E-state index contributed by atoms with van der Waals surface area (Å²) >= 11 is 1.16. The number of nitrogens with one attached hydrogen (secondary N) is 1. The van der Waals surface area contributed by atoms with Gasteiger partial charge in [-0.15, -0.1) is 0 Å². The molecule has 7 heteroatoms. The van der Waals surface area contributed by atoms with Crippen molar-refractivity contribution in [1.82, 2.24) is 10.3 Å². The quantitative estimate of drug-likeness (QED) is 0.664. The Morgan fingerprint density at radius 2 is 2.14 bits per heavy atom. The van der Waals surface area contributed by atoms with Gasteiger partial charge in [-0.2, -0.15) is 0 Å². The van der Waals surface area contributed by atoms with Crippen molar-refractivity contribution in [3.05, 3.63) is 70.7 Å². The minimum atomic E-state index is -0.271. The average Bonchev–Trinajstić information content (AvgIpc) is 3.21. The molecular formula is C21H20N2O4S. The van der Waals surface area contributed by atoms with Gasteiger partial charge in [0, 0.05) is 6.54 Å². The summed E-state index contributed by atoms with van der Waals surface area (Å²) in [4.78, 5) is 16.5. The number of fused-ring (bicyclic) bond motifs is 1. The van der Waals surface area contributed by atoms with Gasteiger partial charge in [-0.05, 0) is 42.2 Å². The van der Waals surface area contributed by atoms with Crippen molar-refractivity contribution >= 4 is 17.2 Å². The number of thiazole rings is 1. The zero-order chi connectivity index (χ0) is 19.3. The predicted octanol–water partition coefficient (Wildman–Crippen LogP) is 3.72. The van der Waals surface area contributed by atoms with Gasteiger partial charge in [-0.25, -0.2) is 4.98 Å². The average molecular weight is 396 g/mol. The highest BCUT2D eigenvalue weighted by atomic mass is 32.1. The standard InChI is InChI=1S/C21H20N2O4S/c24-11-10-22-20(25)19-13-23-21(28-19)26-16-7-9-18-15(12-16)6-8-17(27-18)14-4-2-1-3-5-14/h1-5,7,9,12-13,17,24H,6,8,10-11H2,(H,22,25)/t17-/m0/s1. The number of carbonyl (C=O) groups excluding carboxylic acids is 1. The molecule has 144 valence electrons. The third kappa shape index (κ3) is 4.16. The first-order valence-electron chi connectivity index (χ1n) is 9.10. The predicted molar refractivity (Wildman–Crippen MR) is 106 cm³/mol. The second-order valence-corrected chi connectivity index (χ2v) is 7.39. The summed E-state index contributed by atoms with van der Waals surface area (Å²) < 4.78 is 12.0. The molecule has 0 fully saturated rings. The van der Waals surface area contributed by atoms with Gasteiger partial charge in [-0.1, -0.05) is 41.7 Å². The van der Waals surface area contributed by atoms with Crippen LogP contribution in [0.15, 0.2) is 54.7 Å². The number of aromatic nitrogens is 1. The number of hydrogen-bond donors (Lipinski definition) is 2. The van der Waals surface area contributed by atoms with Gasteiger partial charge >= 0.3 is 0 Å².